The fraction of sp³-hybridized carbons (Fsp3) is 0.417. The molecule has 1 aliphatic carbocycles. The van der Waals surface area contributed by atoms with Gasteiger partial charge in [0.05, 0.1) is 11.3 Å². The van der Waals surface area contributed by atoms with Crippen LogP contribution in [0.1, 0.15) is 28.8 Å². The molecule has 4 nitrogen and oxygen atoms in total. The van der Waals surface area contributed by atoms with Gasteiger partial charge in [0.2, 0.25) is 0 Å². The number of aliphatic carboxylic acids is 1. The van der Waals surface area contributed by atoms with Crippen molar-refractivity contribution in [2.45, 2.75) is 31.2 Å². The molecule has 0 bridgehead atoms. The average Bonchev–Trinajstić information content (AvgIpc) is 2.74. The minimum absolute atomic E-state index is 0.0556. The number of thioether (sulfide) groups is 1. The third kappa shape index (κ3) is 2.27. The van der Waals surface area contributed by atoms with Gasteiger partial charge in [-0.2, -0.15) is 5.26 Å². The molecule has 1 aromatic heterocycles. The first-order valence-electron chi connectivity index (χ1n) is 5.40. The number of aromatic nitrogens is 1. The number of nitriles is 1. The number of rotatable bonds is 3. The Morgan fingerprint density at radius 1 is 1.59 bits per heavy atom. The molecule has 88 valence electrons. The van der Waals surface area contributed by atoms with Gasteiger partial charge in [-0.25, -0.2) is 4.98 Å². The van der Waals surface area contributed by atoms with Crippen molar-refractivity contribution in [3.63, 3.8) is 0 Å². The van der Waals surface area contributed by atoms with Crippen LogP contribution in [0, 0.1) is 18.3 Å². The van der Waals surface area contributed by atoms with E-state index in [1.165, 1.54) is 5.56 Å². The molecule has 0 aromatic carbocycles. The Bertz CT molecular complexity index is 520. The van der Waals surface area contributed by atoms with E-state index in [2.05, 4.69) is 11.1 Å². The molecule has 0 aliphatic heterocycles. The number of aryl methyl sites for hydroxylation is 1. The van der Waals surface area contributed by atoms with Crippen LogP contribution in [-0.4, -0.2) is 21.8 Å². The summed E-state index contributed by atoms with van der Waals surface area (Å²) < 4.78 is 0. The molecule has 17 heavy (non-hydrogen) atoms. The maximum atomic E-state index is 10.6. The van der Waals surface area contributed by atoms with E-state index in [1.807, 2.05) is 6.92 Å². The monoisotopic (exact) mass is 248 g/mol. The summed E-state index contributed by atoms with van der Waals surface area (Å²) in [6, 6.07) is 2.14. The van der Waals surface area contributed by atoms with Crippen molar-refractivity contribution in [3.05, 3.63) is 22.4 Å². The molecule has 0 atom stereocenters. The summed E-state index contributed by atoms with van der Waals surface area (Å²) in [5.41, 5.74) is 3.73. The predicted octanol–water partition coefficient (Wildman–Crippen LogP) is 1.93. The Morgan fingerprint density at radius 2 is 2.35 bits per heavy atom. The maximum absolute atomic E-state index is 10.6. The zero-order valence-corrected chi connectivity index (χ0v) is 10.3. The van der Waals surface area contributed by atoms with Crippen LogP contribution < -0.4 is 0 Å². The van der Waals surface area contributed by atoms with Gasteiger partial charge in [-0.3, -0.25) is 4.79 Å². The van der Waals surface area contributed by atoms with Gasteiger partial charge in [0.1, 0.15) is 11.1 Å². The molecule has 1 aliphatic rings. The molecule has 1 heterocycles. The molecule has 0 radical (unpaired) electrons. The highest BCUT2D eigenvalue weighted by molar-refractivity contribution is 7.99. The van der Waals surface area contributed by atoms with Crippen LogP contribution in [0.3, 0.4) is 0 Å². The molecule has 0 spiro atoms. The van der Waals surface area contributed by atoms with Gasteiger partial charge in [0.25, 0.3) is 0 Å². The first kappa shape index (κ1) is 11.9. The zero-order valence-electron chi connectivity index (χ0n) is 9.49. The molecular weight excluding hydrogens is 236 g/mol. The van der Waals surface area contributed by atoms with Crippen LogP contribution in [0.15, 0.2) is 5.03 Å². The fourth-order valence-electron chi connectivity index (χ4n) is 2.11. The van der Waals surface area contributed by atoms with Crippen LogP contribution in [0.4, 0.5) is 0 Å². The van der Waals surface area contributed by atoms with Crippen molar-refractivity contribution >= 4 is 17.7 Å². The van der Waals surface area contributed by atoms with Crippen molar-refractivity contribution in [1.29, 1.82) is 5.26 Å². The van der Waals surface area contributed by atoms with E-state index < -0.39 is 5.97 Å². The van der Waals surface area contributed by atoms with Gasteiger partial charge in [-0.1, -0.05) is 11.8 Å². The number of pyridine rings is 1. The molecule has 1 N–H and O–H groups in total. The first-order valence-corrected chi connectivity index (χ1v) is 6.39. The van der Waals surface area contributed by atoms with Gasteiger partial charge in [0, 0.05) is 5.69 Å². The van der Waals surface area contributed by atoms with Crippen LogP contribution >= 0.6 is 11.8 Å². The SMILES string of the molecule is Cc1c(C#N)c(SCC(=O)O)nc2c1CCC2. The third-order valence-electron chi connectivity index (χ3n) is 2.91. The Labute approximate surface area is 104 Å². The molecule has 0 saturated heterocycles. The average molecular weight is 248 g/mol. The lowest BCUT2D eigenvalue weighted by Gasteiger charge is -2.09. The number of carbonyl (C=O) groups is 1. The largest absolute Gasteiger partial charge is 0.481 e. The third-order valence-corrected chi connectivity index (χ3v) is 3.87. The number of carboxylic acid groups (broad SMARTS) is 1. The molecule has 2 rings (SSSR count). The Morgan fingerprint density at radius 3 is 3.00 bits per heavy atom. The van der Waals surface area contributed by atoms with Gasteiger partial charge in [-0.05, 0) is 37.3 Å². The minimum atomic E-state index is -0.890. The summed E-state index contributed by atoms with van der Waals surface area (Å²) in [5.74, 6) is -0.946. The van der Waals surface area contributed by atoms with E-state index in [0.29, 0.717) is 10.6 Å². The Hall–Kier alpha value is -1.54. The topological polar surface area (TPSA) is 74.0 Å². The van der Waals surface area contributed by atoms with Crippen molar-refractivity contribution < 1.29 is 9.90 Å². The van der Waals surface area contributed by atoms with Crippen LogP contribution in [0.2, 0.25) is 0 Å². The van der Waals surface area contributed by atoms with E-state index in [9.17, 15) is 4.79 Å². The minimum Gasteiger partial charge on any atom is -0.481 e. The maximum Gasteiger partial charge on any atom is 0.313 e. The van der Waals surface area contributed by atoms with Crippen molar-refractivity contribution in [2.24, 2.45) is 0 Å². The smallest absolute Gasteiger partial charge is 0.313 e. The molecular formula is C12H12N2O2S. The van der Waals surface area contributed by atoms with Crippen molar-refractivity contribution in [3.8, 4) is 6.07 Å². The highest BCUT2D eigenvalue weighted by Crippen LogP contribution is 2.31. The number of carboxylic acids is 1. The molecule has 0 fully saturated rings. The van der Waals surface area contributed by atoms with E-state index in [-0.39, 0.29) is 5.75 Å². The fourth-order valence-corrected chi connectivity index (χ4v) is 2.89. The highest BCUT2D eigenvalue weighted by Gasteiger charge is 2.21. The highest BCUT2D eigenvalue weighted by atomic mass is 32.2. The zero-order chi connectivity index (χ0) is 12.4. The summed E-state index contributed by atoms with van der Waals surface area (Å²) in [7, 11) is 0. The molecule has 1 aromatic rings. The summed E-state index contributed by atoms with van der Waals surface area (Å²) in [6.07, 6.45) is 2.98. The molecule has 5 heteroatoms. The lowest BCUT2D eigenvalue weighted by molar-refractivity contribution is -0.133. The number of hydrogen-bond donors (Lipinski definition) is 1. The molecule has 0 amide bonds. The van der Waals surface area contributed by atoms with Gasteiger partial charge in [0.15, 0.2) is 0 Å². The quantitative estimate of drug-likeness (QED) is 0.827. The van der Waals surface area contributed by atoms with Crippen molar-refractivity contribution in [2.75, 3.05) is 5.75 Å². The van der Waals surface area contributed by atoms with E-state index in [0.717, 1.165) is 42.3 Å². The second kappa shape index (κ2) is 4.76. The standard InChI is InChI=1S/C12H12N2O2S/c1-7-8-3-2-4-10(8)14-12(9(7)5-13)17-6-11(15)16/h2-4,6H2,1H3,(H,15,16). The van der Waals surface area contributed by atoms with Crippen molar-refractivity contribution in [1.82, 2.24) is 4.98 Å². The summed E-state index contributed by atoms with van der Waals surface area (Å²) in [4.78, 5) is 15.0. The van der Waals surface area contributed by atoms with Crippen LogP contribution in [0.25, 0.3) is 0 Å². The molecule has 0 unspecified atom stereocenters. The normalized spacial score (nSPS) is 13.2. The van der Waals surface area contributed by atoms with E-state index in [4.69, 9.17) is 10.4 Å². The predicted molar refractivity (Wildman–Crippen MR) is 64.1 cm³/mol. The van der Waals surface area contributed by atoms with Crippen LogP contribution in [0.5, 0.6) is 0 Å². The number of hydrogen-bond acceptors (Lipinski definition) is 4. The number of fused-ring (bicyclic) bond motifs is 1. The Kier molecular flexibility index (Phi) is 3.34. The van der Waals surface area contributed by atoms with Gasteiger partial charge < -0.3 is 5.11 Å². The second-order valence-electron chi connectivity index (χ2n) is 3.99. The van der Waals surface area contributed by atoms with Gasteiger partial charge in [-0.15, -0.1) is 0 Å². The lowest BCUT2D eigenvalue weighted by atomic mass is 10.0. The van der Waals surface area contributed by atoms with E-state index in [1.54, 1.807) is 0 Å². The first-order chi connectivity index (χ1) is 8.13. The summed E-state index contributed by atoms with van der Waals surface area (Å²) >= 11 is 1.13. The van der Waals surface area contributed by atoms with Crippen LogP contribution in [-0.2, 0) is 17.6 Å². The Balaban J connectivity index is 2.42. The molecule has 0 saturated carbocycles. The lowest BCUT2D eigenvalue weighted by Crippen LogP contribution is -2.03. The second-order valence-corrected chi connectivity index (χ2v) is 4.95. The van der Waals surface area contributed by atoms with E-state index >= 15 is 0 Å². The van der Waals surface area contributed by atoms with Gasteiger partial charge >= 0.3 is 5.97 Å². The number of nitrogens with zero attached hydrogens (tertiary/aromatic N) is 2. The summed E-state index contributed by atoms with van der Waals surface area (Å²) in [6.45, 7) is 1.93. The summed E-state index contributed by atoms with van der Waals surface area (Å²) in [5, 5.41) is 18.4.